The Bertz CT molecular complexity index is 753. The molecule has 6 heteroatoms. The number of anilines is 1. The predicted molar refractivity (Wildman–Crippen MR) is 90.8 cm³/mol. The van der Waals surface area contributed by atoms with Crippen molar-refractivity contribution in [2.75, 3.05) is 10.7 Å². The molecule has 1 saturated carbocycles. The number of fused-ring (bicyclic) bond motifs is 1. The lowest BCUT2D eigenvalue weighted by Gasteiger charge is -2.22. The van der Waals surface area contributed by atoms with Crippen LogP contribution in [0.3, 0.4) is 0 Å². The van der Waals surface area contributed by atoms with Gasteiger partial charge >= 0.3 is 0 Å². The first-order valence-electron chi connectivity index (χ1n) is 8.09. The van der Waals surface area contributed by atoms with Crippen molar-refractivity contribution in [1.82, 2.24) is 14.8 Å². The Morgan fingerprint density at radius 1 is 1.30 bits per heavy atom. The molecule has 0 saturated heterocycles. The van der Waals surface area contributed by atoms with E-state index in [4.69, 9.17) is 0 Å². The first-order valence-corrected chi connectivity index (χ1v) is 9.08. The van der Waals surface area contributed by atoms with Crippen molar-refractivity contribution in [2.24, 2.45) is 0 Å². The molecule has 23 heavy (non-hydrogen) atoms. The van der Waals surface area contributed by atoms with Gasteiger partial charge in [-0.3, -0.25) is 4.79 Å². The maximum atomic E-state index is 12.7. The maximum Gasteiger partial charge on any atom is 0.237 e. The summed E-state index contributed by atoms with van der Waals surface area (Å²) < 4.78 is 2.18. The van der Waals surface area contributed by atoms with Crippen LogP contribution in [0, 0.1) is 6.92 Å². The van der Waals surface area contributed by atoms with E-state index < -0.39 is 0 Å². The fraction of sp³-hybridized carbons (Fsp3) is 0.471. The number of aryl methyl sites for hydroxylation is 1. The summed E-state index contributed by atoms with van der Waals surface area (Å²) in [7, 11) is 0. The van der Waals surface area contributed by atoms with Crippen LogP contribution < -0.4 is 4.90 Å². The highest BCUT2D eigenvalue weighted by molar-refractivity contribution is 7.99. The largest absolute Gasteiger partial charge is 0.308 e. The minimum Gasteiger partial charge on any atom is -0.308 e. The summed E-state index contributed by atoms with van der Waals surface area (Å²) in [5.74, 6) is 1.50. The number of benzene rings is 1. The zero-order valence-corrected chi connectivity index (χ0v) is 14.2. The molecule has 2 heterocycles. The van der Waals surface area contributed by atoms with E-state index >= 15 is 0 Å². The lowest BCUT2D eigenvalue weighted by molar-refractivity contribution is -0.116. The average molecular weight is 328 g/mol. The summed E-state index contributed by atoms with van der Waals surface area (Å²) in [6.07, 6.45) is 3.32. The van der Waals surface area contributed by atoms with Gasteiger partial charge in [0.1, 0.15) is 5.82 Å². The third-order valence-corrected chi connectivity index (χ3v) is 5.48. The quantitative estimate of drug-likeness (QED) is 0.810. The van der Waals surface area contributed by atoms with E-state index in [1.54, 1.807) is 0 Å². The highest BCUT2D eigenvalue weighted by atomic mass is 32.2. The van der Waals surface area contributed by atoms with Crippen LogP contribution in [0.5, 0.6) is 0 Å². The fourth-order valence-corrected chi connectivity index (χ4v) is 4.25. The summed E-state index contributed by atoms with van der Waals surface area (Å²) in [6.45, 7) is 4.09. The smallest absolute Gasteiger partial charge is 0.237 e. The number of thioether (sulfide) groups is 1. The lowest BCUT2D eigenvalue weighted by atomic mass is 10.1. The van der Waals surface area contributed by atoms with E-state index in [2.05, 4.69) is 27.8 Å². The van der Waals surface area contributed by atoms with E-state index in [1.807, 2.05) is 30.0 Å². The molecule has 120 valence electrons. The Balaban J connectivity index is 1.49. The van der Waals surface area contributed by atoms with Crippen LogP contribution in [0.1, 0.15) is 37.2 Å². The topological polar surface area (TPSA) is 51.0 Å². The third-order valence-electron chi connectivity index (χ3n) is 4.55. The average Bonchev–Trinajstić information content (AvgIpc) is 3.21. The summed E-state index contributed by atoms with van der Waals surface area (Å²) in [5, 5.41) is 9.29. The van der Waals surface area contributed by atoms with Gasteiger partial charge in [0.25, 0.3) is 0 Å². The molecule has 0 unspecified atom stereocenters. The minimum atomic E-state index is 0.149. The number of hydrogen-bond acceptors (Lipinski definition) is 4. The second-order valence-corrected chi connectivity index (χ2v) is 7.31. The molecule has 1 fully saturated rings. The standard InChI is InChI=1S/C17H20N4OS/c1-11-9-13-5-3-4-6-15(13)20(11)16(22)10-23-17-19-18-12(2)21(17)14-7-8-14/h3-6,11,14H,7-10H2,1-2H3/t11-/m1/s1. The number of rotatable bonds is 4. The molecule has 0 spiro atoms. The fourth-order valence-electron chi connectivity index (χ4n) is 3.34. The molecule has 1 atom stereocenters. The number of carbonyl (C=O) groups excluding carboxylic acids is 1. The van der Waals surface area contributed by atoms with Crippen LogP contribution >= 0.6 is 11.8 Å². The molecule has 2 aliphatic rings. The SMILES string of the molecule is Cc1nnc(SCC(=O)N2c3ccccc3C[C@H]2C)n1C1CC1. The Morgan fingerprint density at radius 3 is 2.87 bits per heavy atom. The van der Waals surface area contributed by atoms with Gasteiger partial charge in [0, 0.05) is 17.8 Å². The van der Waals surface area contributed by atoms with Gasteiger partial charge in [0.05, 0.1) is 5.75 Å². The number of para-hydroxylation sites is 1. The minimum absolute atomic E-state index is 0.149. The molecule has 0 N–H and O–H groups in total. The summed E-state index contributed by atoms with van der Waals surface area (Å²) in [4.78, 5) is 14.7. The van der Waals surface area contributed by atoms with Crippen molar-refractivity contribution in [3.05, 3.63) is 35.7 Å². The number of hydrogen-bond donors (Lipinski definition) is 0. The van der Waals surface area contributed by atoms with E-state index in [0.29, 0.717) is 11.8 Å². The van der Waals surface area contributed by atoms with Crippen LogP contribution in [0.4, 0.5) is 5.69 Å². The maximum absolute atomic E-state index is 12.7. The zero-order valence-electron chi connectivity index (χ0n) is 13.4. The van der Waals surface area contributed by atoms with Gasteiger partial charge < -0.3 is 9.47 Å². The van der Waals surface area contributed by atoms with E-state index in [0.717, 1.165) is 23.1 Å². The van der Waals surface area contributed by atoms with E-state index in [-0.39, 0.29) is 11.9 Å². The van der Waals surface area contributed by atoms with Gasteiger partial charge in [-0.15, -0.1) is 10.2 Å². The van der Waals surface area contributed by atoms with Gasteiger partial charge in [-0.2, -0.15) is 0 Å². The Kier molecular flexibility index (Phi) is 3.64. The van der Waals surface area contributed by atoms with Crippen molar-refractivity contribution >= 4 is 23.4 Å². The van der Waals surface area contributed by atoms with Gasteiger partial charge in [0.2, 0.25) is 5.91 Å². The third kappa shape index (κ3) is 2.65. The molecule has 1 aromatic carbocycles. The molecule has 1 amide bonds. The molecule has 4 rings (SSSR count). The molecule has 1 aliphatic carbocycles. The lowest BCUT2D eigenvalue weighted by Crippen LogP contribution is -2.37. The van der Waals surface area contributed by atoms with Crippen molar-refractivity contribution in [2.45, 2.75) is 50.4 Å². The molecule has 0 radical (unpaired) electrons. The number of aromatic nitrogens is 3. The second kappa shape index (κ2) is 5.67. The molecule has 5 nitrogen and oxygen atoms in total. The molecule has 1 aromatic heterocycles. The Morgan fingerprint density at radius 2 is 2.09 bits per heavy atom. The van der Waals surface area contributed by atoms with Gasteiger partial charge in [-0.25, -0.2) is 0 Å². The predicted octanol–water partition coefficient (Wildman–Crippen LogP) is 2.99. The first-order chi connectivity index (χ1) is 11.1. The summed E-state index contributed by atoms with van der Waals surface area (Å²) in [6, 6.07) is 8.95. The van der Waals surface area contributed by atoms with Crippen LogP contribution in [-0.4, -0.2) is 32.5 Å². The Hall–Kier alpha value is -1.82. The Labute approximate surface area is 140 Å². The number of nitrogens with zero attached hydrogens (tertiary/aromatic N) is 4. The molecule has 1 aliphatic heterocycles. The molecular formula is C17H20N4OS. The zero-order chi connectivity index (χ0) is 16.0. The van der Waals surface area contributed by atoms with Gasteiger partial charge in [-0.1, -0.05) is 30.0 Å². The van der Waals surface area contributed by atoms with Crippen LogP contribution in [0.2, 0.25) is 0 Å². The van der Waals surface area contributed by atoms with Crippen LogP contribution in [0.15, 0.2) is 29.4 Å². The van der Waals surface area contributed by atoms with E-state index in [9.17, 15) is 4.79 Å². The highest BCUT2D eigenvalue weighted by Gasteiger charge is 2.32. The molecule has 2 aromatic rings. The van der Waals surface area contributed by atoms with Gasteiger partial charge in [-0.05, 0) is 44.7 Å². The summed E-state index contributed by atoms with van der Waals surface area (Å²) >= 11 is 1.51. The second-order valence-electron chi connectivity index (χ2n) is 6.37. The number of carbonyl (C=O) groups is 1. The molecular weight excluding hydrogens is 308 g/mol. The molecule has 0 bridgehead atoms. The summed E-state index contributed by atoms with van der Waals surface area (Å²) in [5.41, 5.74) is 2.32. The van der Waals surface area contributed by atoms with Crippen LogP contribution in [0.25, 0.3) is 0 Å². The highest BCUT2D eigenvalue weighted by Crippen LogP contribution is 2.39. The van der Waals surface area contributed by atoms with Crippen molar-refractivity contribution < 1.29 is 4.79 Å². The van der Waals surface area contributed by atoms with Crippen molar-refractivity contribution in [3.8, 4) is 0 Å². The van der Waals surface area contributed by atoms with Crippen molar-refractivity contribution in [1.29, 1.82) is 0 Å². The van der Waals surface area contributed by atoms with E-state index in [1.165, 1.54) is 30.2 Å². The monoisotopic (exact) mass is 328 g/mol. The number of amides is 1. The normalized spacial score (nSPS) is 19.9. The first kappa shape index (κ1) is 14.8. The van der Waals surface area contributed by atoms with Crippen molar-refractivity contribution in [3.63, 3.8) is 0 Å². The van der Waals surface area contributed by atoms with Crippen LogP contribution in [-0.2, 0) is 11.2 Å². The van der Waals surface area contributed by atoms with Gasteiger partial charge in [0.15, 0.2) is 5.16 Å².